The number of nitrogens with one attached hydrogen (secondary N) is 1. The van der Waals surface area contributed by atoms with E-state index in [2.05, 4.69) is 10.4 Å². The first-order valence-electron chi connectivity index (χ1n) is 9.24. The highest BCUT2D eigenvalue weighted by atomic mass is 32.1. The van der Waals surface area contributed by atoms with Gasteiger partial charge in [0.1, 0.15) is 5.82 Å². The minimum Gasteiger partial charge on any atom is -0.311 e. The Morgan fingerprint density at radius 2 is 2.11 bits per heavy atom. The molecule has 1 aliphatic rings. The number of amides is 2. The smallest absolute Gasteiger partial charge is 0.230 e. The molecule has 0 saturated carbocycles. The van der Waals surface area contributed by atoms with Crippen molar-refractivity contribution in [3.8, 4) is 0 Å². The molecule has 0 unspecified atom stereocenters. The highest BCUT2D eigenvalue weighted by Crippen LogP contribution is 2.30. The number of carbonyl (C=O) groups excluding carboxylic acids is 2. The highest BCUT2D eigenvalue weighted by Gasteiger charge is 2.36. The maximum Gasteiger partial charge on any atom is 0.230 e. The second-order valence-corrected chi connectivity index (χ2v) is 8.10. The van der Waals surface area contributed by atoms with E-state index in [0.29, 0.717) is 18.9 Å². The van der Waals surface area contributed by atoms with Gasteiger partial charge in [-0.25, -0.2) is 4.68 Å². The summed E-state index contributed by atoms with van der Waals surface area (Å²) in [5.41, 5.74) is 3.10. The molecular formula is C21H22N4O2S. The zero-order chi connectivity index (χ0) is 19.7. The van der Waals surface area contributed by atoms with Gasteiger partial charge in [0.25, 0.3) is 0 Å². The van der Waals surface area contributed by atoms with Crippen molar-refractivity contribution in [2.24, 2.45) is 5.92 Å². The van der Waals surface area contributed by atoms with Crippen molar-refractivity contribution >= 4 is 34.7 Å². The fourth-order valence-electron chi connectivity index (χ4n) is 3.49. The van der Waals surface area contributed by atoms with Gasteiger partial charge in [0.15, 0.2) is 0 Å². The lowest BCUT2D eigenvalue weighted by molar-refractivity contribution is -0.122. The van der Waals surface area contributed by atoms with Crippen molar-refractivity contribution in [2.45, 2.75) is 26.8 Å². The van der Waals surface area contributed by atoms with Crippen LogP contribution in [0.25, 0.3) is 0 Å². The first-order valence-corrected chi connectivity index (χ1v) is 10.1. The van der Waals surface area contributed by atoms with Crippen molar-refractivity contribution in [1.82, 2.24) is 9.78 Å². The highest BCUT2D eigenvalue weighted by molar-refractivity contribution is 7.09. The lowest BCUT2D eigenvalue weighted by Gasteiger charge is -2.20. The van der Waals surface area contributed by atoms with Crippen LogP contribution in [0.2, 0.25) is 0 Å². The lowest BCUT2D eigenvalue weighted by atomic mass is 10.1. The zero-order valence-corrected chi connectivity index (χ0v) is 16.7. The van der Waals surface area contributed by atoms with Crippen LogP contribution < -0.4 is 10.2 Å². The number of aryl methyl sites for hydroxylation is 1. The van der Waals surface area contributed by atoms with Crippen LogP contribution in [0.1, 0.15) is 22.4 Å². The summed E-state index contributed by atoms with van der Waals surface area (Å²) in [4.78, 5) is 28.3. The Hall–Kier alpha value is -2.93. The molecule has 2 aromatic heterocycles. The summed E-state index contributed by atoms with van der Waals surface area (Å²) in [5.74, 6) is 0.114. The van der Waals surface area contributed by atoms with E-state index < -0.39 is 0 Å². The molecule has 144 valence electrons. The summed E-state index contributed by atoms with van der Waals surface area (Å²) >= 11 is 1.65. The Morgan fingerprint density at radius 1 is 1.25 bits per heavy atom. The van der Waals surface area contributed by atoms with Crippen LogP contribution in [0.4, 0.5) is 11.5 Å². The SMILES string of the molecule is Cc1cccc(N2C[C@H](C(=O)Nc3ccnn3Cc3cccs3)CC2=O)c1C. The largest absolute Gasteiger partial charge is 0.311 e. The molecule has 1 fully saturated rings. The maximum absolute atomic E-state index is 12.8. The number of nitrogens with zero attached hydrogens (tertiary/aromatic N) is 3. The molecule has 28 heavy (non-hydrogen) atoms. The number of thiophene rings is 1. The Morgan fingerprint density at radius 3 is 2.89 bits per heavy atom. The summed E-state index contributed by atoms with van der Waals surface area (Å²) in [6, 6.07) is 11.7. The number of rotatable bonds is 5. The summed E-state index contributed by atoms with van der Waals surface area (Å²) in [5, 5.41) is 9.27. The van der Waals surface area contributed by atoms with Crippen molar-refractivity contribution in [2.75, 3.05) is 16.8 Å². The van der Waals surface area contributed by atoms with E-state index in [0.717, 1.165) is 21.7 Å². The number of benzene rings is 1. The van der Waals surface area contributed by atoms with Crippen LogP contribution in [0, 0.1) is 19.8 Å². The fourth-order valence-corrected chi connectivity index (χ4v) is 4.17. The van der Waals surface area contributed by atoms with Crippen molar-refractivity contribution in [1.29, 1.82) is 0 Å². The number of hydrogen-bond acceptors (Lipinski definition) is 4. The van der Waals surface area contributed by atoms with Crippen molar-refractivity contribution < 1.29 is 9.59 Å². The first-order chi connectivity index (χ1) is 13.5. The predicted octanol–water partition coefficient (Wildman–Crippen LogP) is 3.60. The van der Waals surface area contributed by atoms with Gasteiger partial charge in [-0.05, 0) is 42.5 Å². The van der Waals surface area contributed by atoms with E-state index in [4.69, 9.17) is 0 Å². The quantitative estimate of drug-likeness (QED) is 0.719. The third-order valence-corrected chi connectivity index (χ3v) is 6.08. The average Bonchev–Trinajstić information content (AvgIpc) is 3.41. The third-order valence-electron chi connectivity index (χ3n) is 5.22. The molecule has 7 heteroatoms. The molecule has 0 bridgehead atoms. The third kappa shape index (κ3) is 3.57. The fraction of sp³-hybridized carbons (Fsp3) is 0.286. The van der Waals surface area contributed by atoms with Gasteiger partial charge in [-0.3, -0.25) is 9.59 Å². The van der Waals surface area contributed by atoms with Crippen LogP contribution in [0.15, 0.2) is 48.0 Å². The van der Waals surface area contributed by atoms with E-state index in [1.807, 2.05) is 49.6 Å². The van der Waals surface area contributed by atoms with Crippen molar-refractivity contribution in [3.05, 3.63) is 64.0 Å². The standard InChI is InChI=1S/C21H22N4O2S/c1-14-5-3-7-18(15(14)2)24-12-16(11-20(24)26)21(27)23-19-8-9-22-25(19)13-17-6-4-10-28-17/h3-10,16H,11-13H2,1-2H3,(H,23,27)/t16-/m1/s1. The number of aromatic nitrogens is 2. The molecular weight excluding hydrogens is 372 g/mol. The van der Waals surface area contributed by atoms with Crippen molar-refractivity contribution in [3.63, 3.8) is 0 Å². The van der Waals surface area contributed by atoms with Gasteiger partial charge in [-0.15, -0.1) is 11.3 Å². The summed E-state index contributed by atoms with van der Waals surface area (Å²) < 4.78 is 1.77. The van der Waals surface area contributed by atoms with Gasteiger partial charge in [-0.1, -0.05) is 18.2 Å². The topological polar surface area (TPSA) is 67.2 Å². The molecule has 3 aromatic rings. The maximum atomic E-state index is 12.8. The van der Waals surface area contributed by atoms with E-state index in [1.165, 1.54) is 0 Å². The summed E-state index contributed by atoms with van der Waals surface area (Å²) in [6.45, 7) is 5.04. The van der Waals surface area contributed by atoms with Gasteiger partial charge < -0.3 is 10.2 Å². The molecule has 6 nitrogen and oxygen atoms in total. The van der Waals surface area contributed by atoms with E-state index in [9.17, 15) is 9.59 Å². The van der Waals surface area contributed by atoms with Gasteiger partial charge in [0, 0.05) is 29.6 Å². The molecule has 3 heterocycles. The molecule has 0 aliphatic carbocycles. The van der Waals surface area contributed by atoms with Crippen LogP contribution in [0.3, 0.4) is 0 Å². The zero-order valence-electron chi connectivity index (χ0n) is 15.9. The Bertz CT molecular complexity index is 1010. The van der Waals surface area contributed by atoms with Crippen LogP contribution in [0.5, 0.6) is 0 Å². The van der Waals surface area contributed by atoms with E-state index in [1.54, 1.807) is 33.2 Å². The number of hydrogen-bond donors (Lipinski definition) is 1. The Balaban J connectivity index is 1.46. The number of anilines is 2. The monoisotopic (exact) mass is 394 g/mol. The average molecular weight is 395 g/mol. The number of carbonyl (C=O) groups is 2. The molecule has 1 atom stereocenters. The first kappa shape index (κ1) is 18.4. The van der Waals surface area contributed by atoms with E-state index in [-0.39, 0.29) is 24.2 Å². The molecule has 0 radical (unpaired) electrons. The Labute approximate surface area is 167 Å². The van der Waals surface area contributed by atoms with Crippen LogP contribution in [-0.2, 0) is 16.1 Å². The normalized spacial score (nSPS) is 16.6. The molecule has 0 spiro atoms. The Kier molecular flexibility index (Phi) is 5.00. The minimum atomic E-state index is -0.377. The molecule has 1 N–H and O–H groups in total. The molecule has 1 saturated heterocycles. The van der Waals surface area contributed by atoms with Gasteiger partial charge >= 0.3 is 0 Å². The summed E-state index contributed by atoms with van der Waals surface area (Å²) in [7, 11) is 0. The van der Waals surface area contributed by atoms with E-state index >= 15 is 0 Å². The lowest BCUT2D eigenvalue weighted by Crippen LogP contribution is -2.29. The second-order valence-electron chi connectivity index (χ2n) is 7.07. The van der Waals surface area contributed by atoms with Crippen LogP contribution >= 0.6 is 11.3 Å². The second kappa shape index (κ2) is 7.59. The van der Waals surface area contributed by atoms with Gasteiger partial charge in [0.2, 0.25) is 11.8 Å². The van der Waals surface area contributed by atoms with Gasteiger partial charge in [0.05, 0.1) is 18.7 Å². The minimum absolute atomic E-state index is 0.0130. The molecule has 2 amide bonds. The molecule has 4 rings (SSSR count). The van der Waals surface area contributed by atoms with Crippen LogP contribution in [-0.4, -0.2) is 28.1 Å². The van der Waals surface area contributed by atoms with Gasteiger partial charge in [-0.2, -0.15) is 5.10 Å². The molecule has 1 aliphatic heterocycles. The predicted molar refractivity (Wildman–Crippen MR) is 111 cm³/mol. The molecule has 1 aromatic carbocycles. The summed E-state index contributed by atoms with van der Waals surface area (Å²) in [6.07, 6.45) is 1.89.